The summed E-state index contributed by atoms with van der Waals surface area (Å²) in [5.74, 6) is -0.743. The van der Waals surface area contributed by atoms with Crippen molar-refractivity contribution < 1.29 is 14.6 Å². The Morgan fingerprint density at radius 2 is 2.00 bits per heavy atom. The Morgan fingerprint density at radius 3 is 2.44 bits per heavy atom. The number of hydrogen-bond donors (Lipinski definition) is 1. The minimum absolute atomic E-state index is 0.0184. The van der Waals surface area contributed by atoms with Crippen LogP contribution in [0.2, 0.25) is 0 Å². The van der Waals surface area contributed by atoms with E-state index >= 15 is 0 Å². The van der Waals surface area contributed by atoms with Gasteiger partial charge in [-0.2, -0.15) is 0 Å². The van der Waals surface area contributed by atoms with Gasteiger partial charge in [-0.15, -0.1) is 0 Å². The molecule has 1 aliphatic rings. The van der Waals surface area contributed by atoms with Crippen LogP contribution < -0.4 is 0 Å². The van der Waals surface area contributed by atoms with Gasteiger partial charge in [-0.25, -0.2) is 0 Å². The largest absolute Gasteiger partial charge is 0.481 e. The molecular weight excluding hydrogens is 206 g/mol. The number of hydrogen-bond acceptors (Lipinski definition) is 3. The van der Waals surface area contributed by atoms with Crippen molar-refractivity contribution in [1.82, 2.24) is 4.90 Å². The second kappa shape index (κ2) is 5.64. The molecule has 0 aromatic rings. The first-order valence-corrected chi connectivity index (χ1v) is 6.11. The molecule has 4 nitrogen and oxygen atoms in total. The maximum absolute atomic E-state index is 11.3. The van der Waals surface area contributed by atoms with E-state index < -0.39 is 11.4 Å². The highest BCUT2D eigenvalue weighted by Gasteiger charge is 2.48. The first kappa shape index (κ1) is 13.5. The van der Waals surface area contributed by atoms with Gasteiger partial charge in [0.15, 0.2) is 0 Å². The molecule has 2 unspecified atom stereocenters. The van der Waals surface area contributed by atoms with Crippen LogP contribution in [-0.2, 0) is 9.53 Å². The van der Waals surface area contributed by atoms with Crippen molar-refractivity contribution in [1.29, 1.82) is 0 Å². The van der Waals surface area contributed by atoms with Crippen molar-refractivity contribution in [3.63, 3.8) is 0 Å². The smallest absolute Gasteiger partial charge is 0.313 e. The van der Waals surface area contributed by atoms with Crippen LogP contribution >= 0.6 is 0 Å². The van der Waals surface area contributed by atoms with Gasteiger partial charge in [0.25, 0.3) is 0 Å². The lowest BCUT2D eigenvalue weighted by Crippen LogP contribution is -2.50. The number of aliphatic carboxylic acids is 1. The Bertz CT molecular complexity index is 238. The molecule has 1 heterocycles. The van der Waals surface area contributed by atoms with Crippen LogP contribution in [0, 0.1) is 5.41 Å². The number of carboxylic acids is 1. The summed E-state index contributed by atoms with van der Waals surface area (Å²) >= 11 is 0. The standard InChI is InChI=1S/C12H23NO3/c1-4-6-13(7-5-2)10-8-16-9-12(10,3)11(14)15/h10H,4-9H2,1-3H3,(H,14,15). The molecule has 0 saturated carbocycles. The van der Waals surface area contributed by atoms with Gasteiger partial charge >= 0.3 is 5.97 Å². The van der Waals surface area contributed by atoms with Crippen LogP contribution in [0.1, 0.15) is 33.6 Å². The average molecular weight is 229 g/mol. The lowest BCUT2D eigenvalue weighted by Gasteiger charge is -2.35. The van der Waals surface area contributed by atoms with Crippen LogP contribution in [0.3, 0.4) is 0 Å². The number of ether oxygens (including phenoxy) is 1. The summed E-state index contributed by atoms with van der Waals surface area (Å²) in [6.45, 7) is 8.81. The monoisotopic (exact) mass is 229 g/mol. The highest BCUT2D eigenvalue weighted by Crippen LogP contribution is 2.32. The van der Waals surface area contributed by atoms with Gasteiger partial charge in [-0.1, -0.05) is 13.8 Å². The molecule has 0 radical (unpaired) electrons. The number of carboxylic acid groups (broad SMARTS) is 1. The van der Waals surface area contributed by atoms with Gasteiger partial charge < -0.3 is 9.84 Å². The second-order valence-electron chi connectivity index (χ2n) is 4.79. The maximum atomic E-state index is 11.3. The zero-order chi connectivity index (χ0) is 12.2. The lowest BCUT2D eigenvalue weighted by atomic mass is 9.84. The van der Waals surface area contributed by atoms with Crippen LogP contribution in [0.5, 0.6) is 0 Å². The molecule has 1 N–H and O–H groups in total. The fraction of sp³-hybridized carbons (Fsp3) is 0.917. The molecule has 4 heteroatoms. The fourth-order valence-electron chi connectivity index (χ4n) is 2.37. The van der Waals surface area contributed by atoms with E-state index in [1.165, 1.54) is 0 Å². The Hall–Kier alpha value is -0.610. The molecule has 1 saturated heterocycles. The van der Waals surface area contributed by atoms with Gasteiger partial charge in [0.05, 0.1) is 19.3 Å². The molecule has 16 heavy (non-hydrogen) atoms. The summed E-state index contributed by atoms with van der Waals surface area (Å²) in [5.41, 5.74) is -0.746. The zero-order valence-corrected chi connectivity index (χ0v) is 10.5. The second-order valence-corrected chi connectivity index (χ2v) is 4.79. The molecule has 94 valence electrons. The SMILES string of the molecule is CCCN(CCC)C1COCC1(C)C(=O)O. The summed E-state index contributed by atoms with van der Waals surface area (Å²) in [5, 5.41) is 9.32. The predicted molar refractivity (Wildman–Crippen MR) is 62.5 cm³/mol. The van der Waals surface area contributed by atoms with E-state index in [1.807, 2.05) is 0 Å². The topological polar surface area (TPSA) is 49.8 Å². The van der Waals surface area contributed by atoms with Gasteiger partial charge in [0.1, 0.15) is 5.41 Å². The first-order valence-electron chi connectivity index (χ1n) is 6.11. The van der Waals surface area contributed by atoms with Crippen molar-refractivity contribution >= 4 is 5.97 Å². The molecule has 0 aliphatic carbocycles. The lowest BCUT2D eigenvalue weighted by molar-refractivity contribution is -0.150. The van der Waals surface area contributed by atoms with Gasteiger partial charge in [-0.3, -0.25) is 9.69 Å². The van der Waals surface area contributed by atoms with E-state index in [9.17, 15) is 9.90 Å². The summed E-state index contributed by atoms with van der Waals surface area (Å²) < 4.78 is 5.39. The van der Waals surface area contributed by atoms with Crippen LogP contribution in [0.4, 0.5) is 0 Å². The van der Waals surface area contributed by atoms with Crippen molar-refractivity contribution in [2.24, 2.45) is 5.41 Å². The van der Waals surface area contributed by atoms with E-state index in [1.54, 1.807) is 6.92 Å². The number of nitrogens with zero attached hydrogens (tertiary/aromatic N) is 1. The summed E-state index contributed by atoms with van der Waals surface area (Å²) in [7, 11) is 0. The summed E-state index contributed by atoms with van der Waals surface area (Å²) in [4.78, 5) is 13.6. The Kier molecular flexibility index (Phi) is 4.74. The molecule has 1 fully saturated rings. The van der Waals surface area contributed by atoms with E-state index in [-0.39, 0.29) is 6.04 Å². The highest BCUT2D eigenvalue weighted by atomic mass is 16.5. The first-order chi connectivity index (χ1) is 7.56. The molecule has 0 bridgehead atoms. The summed E-state index contributed by atoms with van der Waals surface area (Å²) in [6, 6.07) is 0.0184. The molecule has 1 aliphatic heterocycles. The Balaban J connectivity index is 2.78. The zero-order valence-electron chi connectivity index (χ0n) is 10.5. The third kappa shape index (κ3) is 2.55. The van der Waals surface area contributed by atoms with E-state index in [0.717, 1.165) is 25.9 Å². The quantitative estimate of drug-likeness (QED) is 0.751. The van der Waals surface area contributed by atoms with Crippen molar-refractivity contribution in [2.75, 3.05) is 26.3 Å². The predicted octanol–water partition coefficient (Wildman–Crippen LogP) is 1.60. The number of carbonyl (C=O) groups is 1. The average Bonchev–Trinajstić information content (AvgIpc) is 2.61. The molecule has 0 spiro atoms. The summed E-state index contributed by atoms with van der Waals surface area (Å²) in [6.07, 6.45) is 2.10. The van der Waals surface area contributed by atoms with Crippen LogP contribution in [-0.4, -0.2) is 48.3 Å². The normalized spacial score (nSPS) is 29.9. The van der Waals surface area contributed by atoms with Crippen molar-refractivity contribution in [2.45, 2.75) is 39.7 Å². The van der Waals surface area contributed by atoms with E-state index in [2.05, 4.69) is 18.7 Å². The Labute approximate surface area is 97.6 Å². The van der Waals surface area contributed by atoms with E-state index in [0.29, 0.717) is 13.2 Å². The van der Waals surface area contributed by atoms with Crippen LogP contribution in [0.15, 0.2) is 0 Å². The van der Waals surface area contributed by atoms with Crippen molar-refractivity contribution in [3.8, 4) is 0 Å². The molecule has 1 rings (SSSR count). The molecule has 0 amide bonds. The minimum Gasteiger partial charge on any atom is -0.481 e. The van der Waals surface area contributed by atoms with Gasteiger partial charge in [0.2, 0.25) is 0 Å². The third-order valence-corrected chi connectivity index (χ3v) is 3.36. The number of rotatable bonds is 6. The van der Waals surface area contributed by atoms with Crippen molar-refractivity contribution in [3.05, 3.63) is 0 Å². The third-order valence-electron chi connectivity index (χ3n) is 3.36. The van der Waals surface area contributed by atoms with E-state index in [4.69, 9.17) is 4.74 Å². The molecule has 2 atom stereocenters. The molecule has 0 aromatic carbocycles. The highest BCUT2D eigenvalue weighted by molar-refractivity contribution is 5.75. The van der Waals surface area contributed by atoms with Gasteiger partial charge in [-0.05, 0) is 32.9 Å². The van der Waals surface area contributed by atoms with Gasteiger partial charge in [0, 0.05) is 0 Å². The van der Waals surface area contributed by atoms with Crippen LogP contribution in [0.25, 0.3) is 0 Å². The molecule has 0 aromatic heterocycles. The Morgan fingerprint density at radius 1 is 1.44 bits per heavy atom. The fourth-order valence-corrected chi connectivity index (χ4v) is 2.37. The maximum Gasteiger partial charge on any atom is 0.313 e. The minimum atomic E-state index is -0.746. The molecular formula is C12H23NO3.